The lowest BCUT2D eigenvalue weighted by atomic mass is 10.4. The molecule has 82 valence electrons. The molecule has 0 saturated heterocycles. The molecule has 4 nitrogen and oxygen atoms in total. The lowest BCUT2D eigenvalue weighted by Crippen LogP contribution is -2.13. The van der Waals surface area contributed by atoms with E-state index in [-0.39, 0.29) is 6.29 Å². The molecule has 0 amide bonds. The molecule has 0 aromatic carbocycles. The third-order valence-corrected chi connectivity index (χ3v) is 1.45. The average Bonchev–Trinajstić information content (AvgIpc) is 2.13. The molecule has 0 aromatic heterocycles. The van der Waals surface area contributed by atoms with E-state index in [1.165, 1.54) is 0 Å². The maximum absolute atomic E-state index is 10.1. The fraction of sp³-hybridized carbons (Fsp3) is 0.700. The molecular formula is C10H18O4. The molecule has 1 unspecified atom stereocenters. The number of ether oxygens (including phenoxy) is 2. The van der Waals surface area contributed by atoms with Crippen LogP contribution in [0.2, 0.25) is 0 Å². The van der Waals surface area contributed by atoms with Gasteiger partial charge in [-0.3, -0.25) is 0 Å². The van der Waals surface area contributed by atoms with E-state index in [0.717, 1.165) is 12.5 Å². The SMILES string of the molecule is CCCOC(C)OCCC=CC(=O)O. The smallest absolute Gasteiger partial charge is 0.327 e. The predicted octanol–water partition coefficient (Wildman–Crippen LogP) is 1.81. The van der Waals surface area contributed by atoms with E-state index in [2.05, 4.69) is 0 Å². The molecule has 1 atom stereocenters. The van der Waals surface area contributed by atoms with E-state index in [0.29, 0.717) is 19.6 Å². The Labute approximate surface area is 84.5 Å². The summed E-state index contributed by atoms with van der Waals surface area (Å²) in [5.74, 6) is -0.930. The summed E-state index contributed by atoms with van der Waals surface area (Å²) in [6, 6.07) is 0. The van der Waals surface area contributed by atoms with Gasteiger partial charge in [0.2, 0.25) is 0 Å². The van der Waals surface area contributed by atoms with Gasteiger partial charge in [-0.2, -0.15) is 0 Å². The van der Waals surface area contributed by atoms with Crippen molar-refractivity contribution in [3.63, 3.8) is 0 Å². The molecule has 4 heteroatoms. The van der Waals surface area contributed by atoms with Crippen molar-refractivity contribution in [3.05, 3.63) is 12.2 Å². The van der Waals surface area contributed by atoms with Crippen molar-refractivity contribution in [1.29, 1.82) is 0 Å². The van der Waals surface area contributed by atoms with Gasteiger partial charge in [0, 0.05) is 12.7 Å². The zero-order valence-corrected chi connectivity index (χ0v) is 8.73. The fourth-order valence-corrected chi connectivity index (χ4v) is 0.818. The summed E-state index contributed by atoms with van der Waals surface area (Å²) in [6.45, 7) is 5.03. The minimum absolute atomic E-state index is 0.215. The van der Waals surface area contributed by atoms with Gasteiger partial charge in [-0.25, -0.2) is 4.79 Å². The second kappa shape index (κ2) is 8.72. The molecule has 0 aliphatic heterocycles. The number of hydrogen-bond donors (Lipinski definition) is 1. The van der Waals surface area contributed by atoms with Gasteiger partial charge in [-0.05, 0) is 19.8 Å². The van der Waals surface area contributed by atoms with Crippen molar-refractivity contribution < 1.29 is 19.4 Å². The minimum Gasteiger partial charge on any atom is -0.478 e. The summed E-state index contributed by atoms with van der Waals surface area (Å²) in [5, 5.41) is 8.29. The molecule has 0 aliphatic carbocycles. The van der Waals surface area contributed by atoms with Gasteiger partial charge in [-0.1, -0.05) is 13.0 Å². The Bertz CT molecular complexity index is 177. The van der Waals surface area contributed by atoms with Crippen molar-refractivity contribution in [2.45, 2.75) is 33.0 Å². The van der Waals surface area contributed by atoms with Crippen molar-refractivity contribution >= 4 is 5.97 Å². The third kappa shape index (κ3) is 9.22. The van der Waals surface area contributed by atoms with E-state index >= 15 is 0 Å². The maximum atomic E-state index is 10.1. The zero-order valence-electron chi connectivity index (χ0n) is 8.73. The molecule has 0 rings (SSSR count). The van der Waals surface area contributed by atoms with E-state index in [4.69, 9.17) is 14.6 Å². The van der Waals surface area contributed by atoms with Crippen LogP contribution in [0.15, 0.2) is 12.2 Å². The highest BCUT2D eigenvalue weighted by Crippen LogP contribution is 1.96. The topological polar surface area (TPSA) is 55.8 Å². The molecule has 0 heterocycles. The van der Waals surface area contributed by atoms with Gasteiger partial charge in [0.05, 0.1) is 6.61 Å². The predicted molar refractivity (Wildman–Crippen MR) is 53.0 cm³/mol. The van der Waals surface area contributed by atoms with Crippen LogP contribution in [0.3, 0.4) is 0 Å². The minimum atomic E-state index is -0.930. The number of rotatable bonds is 8. The number of carbonyl (C=O) groups is 1. The van der Waals surface area contributed by atoms with Gasteiger partial charge in [-0.15, -0.1) is 0 Å². The van der Waals surface area contributed by atoms with Crippen LogP contribution in [-0.2, 0) is 14.3 Å². The molecule has 0 spiro atoms. The summed E-state index contributed by atoms with van der Waals surface area (Å²) in [6.07, 6.45) is 4.02. The van der Waals surface area contributed by atoms with Gasteiger partial charge in [0.25, 0.3) is 0 Å². The Kier molecular flexibility index (Phi) is 8.17. The number of hydrogen-bond acceptors (Lipinski definition) is 3. The largest absolute Gasteiger partial charge is 0.478 e. The monoisotopic (exact) mass is 202 g/mol. The van der Waals surface area contributed by atoms with Gasteiger partial charge < -0.3 is 14.6 Å². The van der Waals surface area contributed by atoms with Crippen LogP contribution in [-0.4, -0.2) is 30.6 Å². The lowest BCUT2D eigenvalue weighted by molar-refractivity contribution is -0.131. The number of carboxylic acids is 1. The van der Waals surface area contributed by atoms with Crippen molar-refractivity contribution in [1.82, 2.24) is 0 Å². The first kappa shape index (κ1) is 13.1. The van der Waals surface area contributed by atoms with Crippen LogP contribution in [0.25, 0.3) is 0 Å². The highest BCUT2D eigenvalue weighted by molar-refractivity contribution is 5.79. The number of carboxylic acid groups (broad SMARTS) is 1. The highest BCUT2D eigenvalue weighted by atomic mass is 16.7. The van der Waals surface area contributed by atoms with Crippen molar-refractivity contribution in [3.8, 4) is 0 Å². The summed E-state index contributed by atoms with van der Waals surface area (Å²) >= 11 is 0. The first-order valence-corrected chi connectivity index (χ1v) is 4.79. The van der Waals surface area contributed by atoms with Crippen LogP contribution in [0.5, 0.6) is 0 Å². The Balaban J connectivity index is 3.30. The van der Waals surface area contributed by atoms with E-state index in [1.54, 1.807) is 6.08 Å². The maximum Gasteiger partial charge on any atom is 0.327 e. The van der Waals surface area contributed by atoms with Crippen molar-refractivity contribution in [2.75, 3.05) is 13.2 Å². The van der Waals surface area contributed by atoms with Gasteiger partial charge in [0.15, 0.2) is 6.29 Å². The normalized spacial score (nSPS) is 13.3. The Morgan fingerprint density at radius 1 is 1.43 bits per heavy atom. The average molecular weight is 202 g/mol. The van der Waals surface area contributed by atoms with Gasteiger partial charge in [0.1, 0.15) is 0 Å². The van der Waals surface area contributed by atoms with Crippen LogP contribution in [0.1, 0.15) is 26.7 Å². The molecule has 0 saturated carbocycles. The summed E-state index contributed by atoms with van der Waals surface area (Å²) in [5.41, 5.74) is 0. The quantitative estimate of drug-likeness (QED) is 0.370. The van der Waals surface area contributed by atoms with E-state index in [9.17, 15) is 4.79 Å². The van der Waals surface area contributed by atoms with Crippen LogP contribution >= 0.6 is 0 Å². The van der Waals surface area contributed by atoms with Crippen LogP contribution < -0.4 is 0 Å². The van der Waals surface area contributed by atoms with E-state index in [1.807, 2.05) is 13.8 Å². The molecule has 0 aromatic rings. The molecule has 1 N–H and O–H groups in total. The first-order valence-electron chi connectivity index (χ1n) is 4.79. The standard InChI is InChI=1S/C10H18O4/c1-3-7-13-9(2)14-8-5-4-6-10(11)12/h4,6,9H,3,5,7-8H2,1-2H3,(H,11,12). The third-order valence-electron chi connectivity index (χ3n) is 1.45. The Hall–Kier alpha value is -0.870. The lowest BCUT2D eigenvalue weighted by Gasteiger charge is -2.12. The number of aliphatic carboxylic acids is 1. The molecule has 0 radical (unpaired) electrons. The van der Waals surface area contributed by atoms with Crippen LogP contribution in [0, 0.1) is 0 Å². The Morgan fingerprint density at radius 2 is 2.07 bits per heavy atom. The first-order chi connectivity index (χ1) is 6.66. The molecule has 0 bridgehead atoms. The molecule has 0 aliphatic rings. The van der Waals surface area contributed by atoms with Crippen molar-refractivity contribution in [2.24, 2.45) is 0 Å². The van der Waals surface area contributed by atoms with Crippen LogP contribution in [0.4, 0.5) is 0 Å². The molecule has 0 fully saturated rings. The molecule has 14 heavy (non-hydrogen) atoms. The summed E-state index contributed by atoms with van der Waals surface area (Å²) in [4.78, 5) is 10.1. The second-order valence-electron chi connectivity index (χ2n) is 2.84. The van der Waals surface area contributed by atoms with E-state index < -0.39 is 5.97 Å². The van der Waals surface area contributed by atoms with Gasteiger partial charge >= 0.3 is 5.97 Å². The summed E-state index contributed by atoms with van der Waals surface area (Å²) < 4.78 is 10.5. The Morgan fingerprint density at radius 3 is 2.64 bits per heavy atom. The molecular weight excluding hydrogens is 184 g/mol. The zero-order chi connectivity index (χ0) is 10.8. The second-order valence-corrected chi connectivity index (χ2v) is 2.84. The summed E-state index contributed by atoms with van der Waals surface area (Å²) in [7, 11) is 0. The fourth-order valence-electron chi connectivity index (χ4n) is 0.818. The highest BCUT2D eigenvalue weighted by Gasteiger charge is 1.99.